The minimum absolute atomic E-state index is 0.849. The first kappa shape index (κ1) is 33.2. The van der Waals surface area contributed by atoms with Gasteiger partial charge in [0.05, 0.1) is 0 Å². The molecule has 0 unspecified atom stereocenters. The van der Waals surface area contributed by atoms with Gasteiger partial charge in [-0.25, -0.2) is 0 Å². The van der Waals surface area contributed by atoms with Gasteiger partial charge in [-0.1, -0.05) is 170 Å². The number of hydrogen-bond acceptors (Lipinski definition) is 2. The third-order valence-corrected chi connectivity index (χ3v) is 10.7. The molecule has 0 atom stereocenters. The van der Waals surface area contributed by atoms with Gasteiger partial charge in [0, 0.05) is 28.2 Å². The van der Waals surface area contributed by atoms with Crippen LogP contribution in [0, 0.1) is 0 Å². The number of benzene rings is 9. The van der Waals surface area contributed by atoms with E-state index < -0.39 is 0 Å². The molecule has 1 aliphatic heterocycles. The Morgan fingerprint density at radius 2 is 0.661 bits per heavy atom. The van der Waals surface area contributed by atoms with E-state index in [0.29, 0.717) is 0 Å². The van der Waals surface area contributed by atoms with Crippen LogP contribution in [0.25, 0.3) is 66.8 Å². The molecule has 0 saturated carbocycles. The van der Waals surface area contributed by atoms with Crippen molar-refractivity contribution >= 4 is 17.1 Å². The molecule has 2 heteroatoms. The van der Waals surface area contributed by atoms with E-state index in [9.17, 15) is 0 Å². The number of ether oxygens (including phenoxy) is 1. The van der Waals surface area contributed by atoms with Crippen molar-refractivity contribution in [2.45, 2.75) is 0 Å². The fourth-order valence-corrected chi connectivity index (χ4v) is 7.93. The van der Waals surface area contributed by atoms with E-state index in [0.717, 1.165) is 67.5 Å². The molecule has 1 aliphatic rings. The Morgan fingerprint density at radius 1 is 0.250 bits per heavy atom. The Hall–Kier alpha value is -7.42. The van der Waals surface area contributed by atoms with Crippen LogP contribution < -0.4 is 9.64 Å². The molecule has 264 valence electrons. The molecule has 0 amide bonds. The van der Waals surface area contributed by atoms with Crippen molar-refractivity contribution in [1.82, 2.24) is 0 Å². The maximum Gasteiger partial charge on any atom is 0.135 e. The van der Waals surface area contributed by atoms with Gasteiger partial charge < -0.3 is 9.64 Å². The first-order valence-electron chi connectivity index (χ1n) is 19.1. The molecule has 9 aromatic rings. The number of anilines is 3. The highest BCUT2D eigenvalue weighted by Crippen LogP contribution is 2.51. The average molecular weight is 716 g/mol. The van der Waals surface area contributed by atoms with Crippen molar-refractivity contribution in [2.75, 3.05) is 4.90 Å². The maximum absolute atomic E-state index is 6.86. The highest BCUT2D eigenvalue weighted by Gasteiger charge is 2.24. The minimum atomic E-state index is 0.849. The Labute approximate surface area is 328 Å². The normalized spacial score (nSPS) is 11.4. The van der Waals surface area contributed by atoms with E-state index in [-0.39, 0.29) is 0 Å². The number of hydrogen-bond donors (Lipinski definition) is 0. The van der Waals surface area contributed by atoms with Gasteiger partial charge in [0.2, 0.25) is 0 Å². The standard InChI is InChI=1S/C54H37NO/c1-4-13-38(14-5-1)41-23-30-45(31-24-41)55(46-32-25-42(26-33-46)39-15-6-2-7-16-39)47-34-27-43(28-35-47)48-21-12-22-52-54(48)51-20-11-10-19-49(51)50-36-29-44(37-53(50)56-52)40-17-8-3-9-18-40/h1-37H. The smallest absolute Gasteiger partial charge is 0.135 e. The van der Waals surface area contributed by atoms with E-state index in [2.05, 4.69) is 223 Å². The SMILES string of the molecule is c1ccc(-c2ccc(N(c3ccc(-c4ccccc4)cc3)c3ccc(-c4cccc5c4-c4ccccc4-c4ccc(-c6ccccc6)cc4O5)cc3)cc2)cc1. The van der Waals surface area contributed by atoms with Gasteiger partial charge in [-0.2, -0.15) is 0 Å². The Balaban J connectivity index is 1.04. The van der Waals surface area contributed by atoms with Crippen LogP contribution in [0.1, 0.15) is 0 Å². The highest BCUT2D eigenvalue weighted by molar-refractivity contribution is 5.98. The predicted molar refractivity (Wildman–Crippen MR) is 234 cm³/mol. The lowest BCUT2D eigenvalue weighted by atomic mass is 9.89. The molecule has 0 spiro atoms. The molecule has 56 heavy (non-hydrogen) atoms. The molecule has 0 N–H and O–H groups in total. The molecule has 0 saturated heterocycles. The van der Waals surface area contributed by atoms with Crippen molar-refractivity contribution in [3.63, 3.8) is 0 Å². The van der Waals surface area contributed by atoms with Gasteiger partial charge in [0.15, 0.2) is 0 Å². The predicted octanol–water partition coefficient (Wildman–Crippen LogP) is 15.3. The third-order valence-electron chi connectivity index (χ3n) is 10.7. The second-order valence-corrected chi connectivity index (χ2v) is 14.1. The van der Waals surface area contributed by atoms with Gasteiger partial charge in [-0.05, 0) is 110 Å². The first-order chi connectivity index (χ1) is 27.8. The molecule has 9 aromatic carbocycles. The Bertz CT molecular complexity index is 2690. The van der Waals surface area contributed by atoms with Gasteiger partial charge >= 0.3 is 0 Å². The molecular formula is C54H37NO. The van der Waals surface area contributed by atoms with Crippen molar-refractivity contribution in [1.29, 1.82) is 0 Å². The van der Waals surface area contributed by atoms with Crippen LogP contribution in [0.5, 0.6) is 11.5 Å². The molecule has 1 heterocycles. The summed E-state index contributed by atoms with van der Waals surface area (Å²) >= 11 is 0. The van der Waals surface area contributed by atoms with E-state index >= 15 is 0 Å². The van der Waals surface area contributed by atoms with Crippen molar-refractivity contribution < 1.29 is 4.74 Å². The van der Waals surface area contributed by atoms with Crippen LogP contribution in [-0.4, -0.2) is 0 Å². The van der Waals surface area contributed by atoms with Gasteiger partial charge in [-0.15, -0.1) is 0 Å². The van der Waals surface area contributed by atoms with Crippen LogP contribution >= 0.6 is 0 Å². The molecule has 10 rings (SSSR count). The summed E-state index contributed by atoms with van der Waals surface area (Å²) < 4.78 is 6.86. The number of rotatable bonds is 7. The summed E-state index contributed by atoms with van der Waals surface area (Å²) in [7, 11) is 0. The van der Waals surface area contributed by atoms with E-state index in [4.69, 9.17) is 4.74 Å². The van der Waals surface area contributed by atoms with Gasteiger partial charge in [0.25, 0.3) is 0 Å². The number of fused-ring (bicyclic) bond motifs is 5. The average Bonchev–Trinajstić information content (AvgIpc) is 3.42. The van der Waals surface area contributed by atoms with Crippen molar-refractivity contribution in [2.24, 2.45) is 0 Å². The van der Waals surface area contributed by atoms with Crippen molar-refractivity contribution in [3.8, 4) is 78.3 Å². The zero-order valence-corrected chi connectivity index (χ0v) is 30.7. The molecule has 0 fully saturated rings. The summed E-state index contributed by atoms with van der Waals surface area (Å²) in [6.07, 6.45) is 0. The van der Waals surface area contributed by atoms with Crippen LogP contribution in [0.4, 0.5) is 17.1 Å². The topological polar surface area (TPSA) is 12.5 Å². The quantitative estimate of drug-likeness (QED) is 0.163. The van der Waals surface area contributed by atoms with Crippen LogP contribution in [0.2, 0.25) is 0 Å². The molecule has 0 radical (unpaired) electrons. The molecule has 0 aliphatic carbocycles. The second kappa shape index (κ2) is 14.4. The van der Waals surface area contributed by atoms with Crippen LogP contribution in [-0.2, 0) is 0 Å². The lowest BCUT2D eigenvalue weighted by Crippen LogP contribution is -2.09. The zero-order valence-electron chi connectivity index (χ0n) is 30.7. The largest absolute Gasteiger partial charge is 0.456 e. The zero-order chi connectivity index (χ0) is 37.3. The van der Waals surface area contributed by atoms with Gasteiger partial charge in [-0.3, -0.25) is 0 Å². The Kier molecular flexibility index (Phi) is 8.55. The summed E-state index contributed by atoms with van der Waals surface area (Å²) in [5.74, 6) is 1.71. The summed E-state index contributed by atoms with van der Waals surface area (Å²) in [6.45, 7) is 0. The van der Waals surface area contributed by atoms with E-state index in [1.807, 2.05) is 6.07 Å². The fourth-order valence-electron chi connectivity index (χ4n) is 7.93. The summed E-state index contributed by atoms with van der Waals surface area (Å²) in [5.41, 5.74) is 17.1. The van der Waals surface area contributed by atoms with Crippen molar-refractivity contribution in [3.05, 3.63) is 224 Å². The minimum Gasteiger partial charge on any atom is -0.456 e. The summed E-state index contributed by atoms with van der Waals surface area (Å²) in [4.78, 5) is 2.33. The summed E-state index contributed by atoms with van der Waals surface area (Å²) in [6, 6.07) is 79.8. The van der Waals surface area contributed by atoms with Gasteiger partial charge in [0.1, 0.15) is 11.5 Å². The van der Waals surface area contributed by atoms with Crippen LogP contribution in [0.3, 0.4) is 0 Å². The Morgan fingerprint density at radius 3 is 1.20 bits per heavy atom. The molecule has 0 aromatic heterocycles. The van der Waals surface area contributed by atoms with E-state index in [1.165, 1.54) is 27.8 Å². The first-order valence-corrected chi connectivity index (χ1v) is 19.1. The molecule has 2 nitrogen and oxygen atoms in total. The lowest BCUT2D eigenvalue weighted by molar-refractivity contribution is 0.488. The highest BCUT2D eigenvalue weighted by atomic mass is 16.5. The monoisotopic (exact) mass is 715 g/mol. The maximum atomic E-state index is 6.86. The fraction of sp³-hybridized carbons (Fsp3) is 0. The van der Waals surface area contributed by atoms with E-state index in [1.54, 1.807) is 0 Å². The summed E-state index contributed by atoms with van der Waals surface area (Å²) in [5, 5.41) is 0. The number of nitrogens with zero attached hydrogens (tertiary/aromatic N) is 1. The third kappa shape index (κ3) is 6.24. The lowest BCUT2D eigenvalue weighted by Gasteiger charge is -2.26. The molecular weight excluding hydrogens is 679 g/mol. The van der Waals surface area contributed by atoms with Crippen LogP contribution in [0.15, 0.2) is 224 Å². The second-order valence-electron chi connectivity index (χ2n) is 14.1. The molecule has 0 bridgehead atoms.